The van der Waals surface area contributed by atoms with Crippen LogP contribution in [0.2, 0.25) is 0 Å². The summed E-state index contributed by atoms with van der Waals surface area (Å²) in [5.41, 5.74) is -1.04. The Balaban J connectivity index is 1.98. The fraction of sp³-hybridized carbons (Fsp3) is 0.636. The zero-order chi connectivity index (χ0) is 17.5. The van der Waals surface area contributed by atoms with Gasteiger partial charge in [-0.25, -0.2) is 9.97 Å². The lowest BCUT2D eigenvalue weighted by atomic mass is 10.1. The lowest BCUT2D eigenvalue weighted by Gasteiger charge is -2.42. The van der Waals surface area contributed by atoms with Crippen molar-refractivity contribution < 1.29 is 36.9 Å². The van der Waals surface area contributed by atoms with E-state index in [1.54, 1.807) is 0 Å². The molecule has 1 saturated heterocycles. The van der Waals surface area contributed by atoms with Crippen LogP contribution in [0.25, 0.3) is 0 Å². The molecule has 0 bridgehead atoms. The second-order valence-electron chi connectivity index (χ2n) is 4.94. The molecule has 1 aliphatic heterocycles. The fourth-order valence-corrected chi connectivity index (χ4v) is 1.84. The standard InChI is InChI=1S/C11H13F5N4O3/c1-5-7(20-11(21,22)10(15,16)23-5)4-19-8-17-2-6(3-18-8)9(12,13)14/h2-3,5,7,20-22H,4H2,1H3,(H,17,18,19). The van der Waals surface area contributed by atoms with E-state index in [-0.39, 0.29) is 12.5 Å². The van der Waals surface area contributed by atoms with E-state index in [0.717, 1.165) is 0 Å². The summed E-state index contributed by atoms with van der Waals surface area (Å²) in [6.07, 6.45) is -8.81. The average Bonchev–Trinajstić information content (AvgIpc) is 2.40. The first-order valence-electron chi connectivity index (χ1n) is 6.33. The Morgan fingerprint density at radius 3 is 2.39 bits per heavy atom. The van der Waals surface area contributed by atoms with E-state index in [9.17, 15) is 32.2 Å². The van der Waals surface area contributed by atoms with E-state index in [0.29, 0.717) is 12.4 Å². The number of anilines is 1. The SMILES string of the molecule is CC1OC(F)(F)C(O)(O)NC1CNc1ncc(C(F)(F)F)cn1. The smallest absolute Gasteiger partial charge is 0.353 e. The van der Waals surface area contributed by atoms with Crippen molar-refractivity contribution in [1.29, 1.82) is 0 Å². The Morgan fingerprint density at radius 2 is 1.87 bits per heavy atom. The maximum Gasteiger partial charge on any atom is 0.425 e. The minimum atomic E-state index is -4.58. The van der Waals surface area contributed by atoms with Crippen molar-refractivity contribution in [2.24, 2.45) is 0 Å². The molecule has 0 aromatic carbocycles. The number of nitrogens with one attached hydrogen (secondary N) is 2. The van der Waals surface area contributed by atoms with Crippen molar-refractivity contribution in [3.8, 4) is 0 Å². The van der Waals surface area contributed by atoms with Crippen LogP contribution in [0.5, 0.6) is 0 Å². The summed E-state index contributed by atoms with van der Waals surface area (Å²) in [4.78, 5) is 6.87. The van der Waals surface area contributed by atoms with E-state index in [1.807, 2.05) is 5.32 Å². The monoisotopic (exact) mass is 344 g/mol. The minimum absolute atomic E-state index is 0.189. The van der Waals surface area contributed by atoms with Crippen LogP contribution < -0.4 is 10.6 Å². The highest BCUT2D eigenvalue weighted by Gasteiger charge is 2.60. The van der Waals surface area contributed by atoms with Gasteiger partial charge in [-0.3, -0.25) is 5.32 Å². The summed E-state index contributed by atoms with van der Waals surface area (Å²) in [6, 6.07) is -0.990. The number of halogens is 5. The largest absolute Gasteiger partial charge is 0.425 e. The lowest BCUT2D eigenvalue weighted by molar-refractivity contribution is -0.441. The Labute approximate surface area is 126 Å². The molecule has 2 unspecified atom stereocenters. The fourth-order valence-electron chi connectivity index (χ4n) is 1.84. The normalized spacial score (nSPS) is 26.8. The van der Waals surface area contributed by atoms with Crippen molar-refractivity contribution in [3.63, 3.8) is 0 Å². The maximum absolute atomic E-state index is 13.2. The number of ether oxygens (including phenoxy) is 1. The highest BCUT2D eigenvalue weighted by molar-refractivity contribution is 5.26. The first-order chi connectivity index (χ1) is 10.4. The molecule has 0 radical (unpaired) electrons. The molecular formula is C11H13F5N4O3. The summed E-state index contributed by atoms with van der Waals surface area (Å²) in [5.74, 6) is -3.77. The van der Waals surface area contributed by atoms with Crippen LogP contribution in [0.15, 0.2) is 12.4 Å². The number of hydrogen-bond donors (Lipinski definition) is 4. The minimum Gasteiger partial charge on any atom is -0.353 e. The van der Waals surface area contributed by atoms with Crippen LogP contribution in [0.3, 0.4) is 0 Å². The van der Waals surface area contributed by atoms with Crippen LogP contribution in [0.1, 0.15) is 12.5 Å². The molecule has 2 atom stereocenters. The van der Waals surface area contributed by atoms with Crippen molar-refractivity contribution in [3.05, 3.63) is 18.0 Å². The third-order valence-corrected chi connectivity index (χ3v) is 3.15. The van der Waals surface area contributed by atoms with Gasteiger partial charge in [0.2, 0.25) is 5.95 Å². The second-order valence-corrected chi connectivity index (χ2v) is 4.94. The highest BCUT2D eigenvalue weighted by Crippen LogP contribution is 2.33. The molecule has 23 heavy (non-hydrogen) atoms. The molecule has 0 aliphatic carbocycles. The van der Waals surface area contributed by atoms with Gasteiger partial charge in [-0.05, 0) is 6.92 Å². The maximum atomic E-state index is 13.2. The first kappa shape index (κ1) is 17.7. The number of morpholine rings is 1. The van der Waals surface area contributed by atoms with E-state index in [1.165, 1.54) is 6.92 Å². The molecule has 4 N–H and O–H groups in total. The van der Waals surface area contributed by atoms with E-state index >= 15 is 0 Å². The molecule has 130 valence electrons. The topological polar surface area (TPSA) is 99.5 Å². The molecule has 1 fully saturated rings. The first-order valence-corrected chi connectivity index (χ1v) is 6.33. The van der Waals surface area contributed by atoms with Crippen molar-refractivity contribution in [1.82, 2.24) is 15.3 Å². The van der Waals surface area contributed by atoms with Gasteiger partial charge in [-0.1, -0.05) is 0 Å². The van der Waals surface area contributed by atoms with Gasteiger partial charge in [-0.2, -0.15) is 22.0 Å². The lowest BCUT2D eigenvalue weighted by Crippen LogP contribution is -2.71. The van der Waals surface area contributed by atoms with Gasteiger partial charge in [0.05, 0.1) is 17.7 Å². The van der Waals surface area contributed by atoms with Gasteiger partial charge in [-0.15, -0.1) is 0 Å². The molecular weight excluding hydrogens is 331 g/mol. The molecule has 12 heteroatoms. The zero-order valence-corrected chi connectivity index (χ0v) is 11.6. The van der Waals surface area contributed by atoms with Crippen molar-refractivity contribution in [2.75, 3.05) is 11.9 Å². The number of nitrogens with zero attached hydrogens (tertiary/aromatic N) is 2. The molecule has 0 amide bonds. The highest BCUT2D eigenvalue weighted by atomic mass is 19.4. The molecule has 1 aromatic rings. The Morgan fingerprint density at radius 1 is 1.30 bits per heavy atom. The Bertz CT molecular complexity index is 552. The summed E-state index contributed by atoms with van der Waals surface area (Å²) in [6.45, 7) is 1.06. The van der Waals surface area contributed by atoms with Crippen LogP contribution >= 0.6 is 0 Å². The van der Waals surface area contributed by atoms with Crippen LogP contribution in [-0.4, -0.2) is 50.9 Å². The van der Waals surface area contributed by atoms with E-state index in [4.69, 9.17) is 0 Å². The molecule has 0 saturated carbocycles. The summed E-state index contributed by atoms with van der Waals surface area (Å²) in [7, 11) is 0. The number of aromatic nitrogens is 2. The van der Waals surface area contributed by atoms with Crippen molar-refractivity contribution in [2.45, 2.75) is 37.3 Å². The van der Waals surface area contributed by atoms with Gasteiger partial charge in [0.15, 0.2) is 0 Å². The Kier molecular flexibility index (Phi) is 4.45. The zero-order valence-electron chi connectivity index (χ0n) is 11.6. The van der Waals surface area contributed by atoms with Gasteiger partial charge in [0.1, 0.15) is 0 Å². The second kappa shape index (κ2) is 5.78. The summed E-state index contributed by atoms with van der Waals surface area (Å²) >= 11 is 0. The quantitative estimate of drug-likeness (QED) is 0.468. The van der Waals surface area contributed by atoms with Gasteiger partial charge >= 0.3 is 18.2 Å². The number of hydrogen-bond acceptors (Lipinski definition) is 7. The number of alkyl halides is 5. The van der Waals surface area contributed by atoms with Crippen molar-refractivity contribution >= 4 is 5.95 Å². The third kappa shape index (κ3) is 3.83. The van der Waals surface area contributed by atoms with Crippen LogP contribution in [-0.2, 0) is 10.9 Å². The van der Waals surface area contributed by atoms with Gasteiger partial charge in [0, 0.05) is 18.9 Å². The summed E-state index contributed by atoms with van der Waals surface area (Å²) < 4.78 is 67.7. The van der Waals surface area contributed by atoms with E-state index < -0.39 is 35.9 Å². The average molecular weight is 344 g/mol. The molecule has 2 heterocycles. The molecule has 1 aliphatic rings. The van der Waals surface area contributed by atoms with E-state index in [2.05, 4.69) is 20.0 Å². The third-order valence-electron chi connectivity index (χ3n) is 3.15. The Hall–Kier alpha value is -1.63. The summed E-state index contributed by atoms with van der Waals surface area (Å²) in [5, 5.41) is 22.8. The van der Waals surface area contributed by atoms with Gasteiger partial charge < -0.3 is 20.3 Å². The van der Waals surface area contributed by atoms with Gasteiger partial charge in [0.25, 0.3) is 0 Å². The van der Waals surface area contributed by atoms with Crippen LogP contribution in [0.4, 0.5) is 27.9 Å². The molecule has 1 aromatic heterocycles. The number of rotatable bonds is 3. The number of aliphatic hydroxyl groups is 2. The molecule has 2 rings (SSSR count). The van der Waals surface area contributed by atoms with Crippen LogP contribution in [0, 0.1) is 0 Å². The molecule has 7 nitrogen and oxygen atoms in total. The predicted octanol–water partition coefficient (Wildman–Crippen LogP) is 0.515. The molecule has 0 spiro atoms. The predicted molar refractivity (Wildman–Crippen MR) is 65.1 cm³/mol.